The lowest BCUT2D eigenvalue weighted by atomic mass is 10.1. The molecule has 2 aromatic carbocycles. The standard InChI is InChI=1S/C24H25N3O3/c1-3-4-14-25-23(29)21-9-6-15-27(24(21)30)20-12-10-19(11-13-20)26-22(28)18-8-5-7-17(2)16-18/h5-13,15-16H,3-4,14H2,1-2H3,(H,25,29)(H,26,28). The Kier molecular flexibility index (Phi) is 6.80. The van der Waals surface area contributed by atoms with E-state index in [1.54, 1.807) is 42.6 Å². The first-order valence-electron chi connectivity index (χ1n) is 9.98. The molecule has 0 unspecified atom stereocenters. The third-order valence-corrected chi connectivity index (χ3v) is 4.69. The molecule has 2 amide bonds. The number of pyridine rings is 1. The molecule has 1 aromatic heterocycles. The molecule has 2 N–H and O–H groups in total. The Morgan fingerprint density at radius 1 is 0.967 bits per heavy atom. The molecule has 3 rings (SSSR count). The summed E-state index contributed by atoms with van der Waals surface area (Å²) in [7, 11) is 0. The number of rotatable bonds is 7. The van der Waals surface area contributed by atoms with Crippen molar-refractivity contribution in [3.8, 4) is 5.69 Å². The molecule has 6 nitrogen and oxygen atoms in total. The zero-order valence-corrected chi connectivity index (χ0v) is 17.1. The SMILES string of the molecule is CCCCNC(=O)c1cccn(-c2ccc(NC(=O)c3cccc(C)c3)cc2)c1=O. The van der Waals surface area contributed by atoms with Crippen LogP contribution in [0.5, 0.6) is 0 Å². The number of nitrogens with one attached hydrogen (secondary N) is 2. The van der Waals surface area contributed by atoms with E-state index < -0.39 is 0 Å². The van der Waals surface area contributed by atoms with Crippen LogP contribution in [-0.2, 0) is 0 Å². The van der Waals surface area contributed by atoms with Gasteiger partial charge in [0.2, 0.25) is 0 Å². The summed E-state index contributed by atoms with van der Waals surface area (Å²) in [6.45, 7) is 4.51. The first-order valence-corrected chi connectivity index (χ1v) is 9.98. The Bertz CT molecular complexity index is 1100. The van der Waals surface area contributed by atoms with Crippen molar-refractivity contribution in [1.82, 2.24) is 9.88 Å². The maximum absolute atomic E-state index is 12.8. The second-order valence-electron chi connectivity index (χ2n) is 7.08. The van der Waals surface area contributed by atoms with Gasteiger partial charge in [0.1, 0.15) is 5.56 Å². The van der Waals surface area contributed by atoms with E-state index in [0.717, 1.165) is 18.4 Å². The van der Waals surface area contributed by atoms with Gasteiger partial charge < -0.3 is 10.6 Å². The third-order valence-electron chi connectivity index (χ3n) is 4.69. The van der Waals surface area contributed by atoms with Gasteiger partial charge in [0.25, 0.3) is 17.4 Å². The van der Waals surface area contributed by atoms with Crippen LogP contribution in [0, 0.1) is 6.92 Å². The quantitative estimate of drug-likeness (QED) is 0.587. The Hall–Kier alpha value is -3.67. The lowest BCUT2D eigenvalue weighted by molar-refractivity contribution is 0.0950. The minimum absolute atomic E-state index is 0.102. The lowest BCUT2D eigenvalue weighted by Gasteiger charge is -2.10. The van der Waals surface area contributed by atoms with Crippen molar-refractivity contribution < 1.29 is 9.59 Å². The van der Waals surface area contributed by atoms with Gasteiger partial charge in [0.05, 0.1) is 0 Å². The van der Waals surface area contributed by atoms with Crippen molar-refractivity contribution in [1.29, 1.82) is 0 Å². The van der Waals surface area contributed by atoms with Gasteiger partial charge in [-0.25, -0.2) is 0 Å². The van der Waals surface area contributed by atoms with E-state index in [0.29, 0.717) is 23.5 Å². The predicted molar refractivity (Wildman–Crippen MR) is 118 cm³/mol. The van der Waals surface area contributed by atoms with Gasteiger partial charge in [0, 0.05) is 29.7 Å². The monoisotopic (exact) mass is 403 g/mol. The van der Waals surface area contributed by atoms with Crippen LogP contribution in [0.4, 0.5) is 5.69 Å². The molecule has 3 aromatic rings. The molecule has 0 bridgehead atoms. The van der Waals surface area contributed by atoms with Crippen molar-refractivity contribution in [2.24, 2.45) is 0 Å². The minimum Gasteiger partial charge on any atom is -0.352 e. The molecule has 0 aliphatic heterocycles. The molecular formula is C24H25N3O3. The topological polar surface area (TPSA) is 80.2 Å². The lowest BCUT2D eigenvalue weighted by Crippen LogP contribution is -2.32. The van der Waals surface area contributed by atoms with Gasteiger partial charge in [-0.05, 0) is 61.9 Å². The fraction of sp³-hybridized carbons (Fsp3) is 0.208. The number of nitrogens with zero attached hydrogens (tertiary/aromatic N) is 1. The second kappa shape index (κ2) is 9.69. The van der Waals surface area contributed by atoms with Crippen LogP contribution in [0.3, 0.4) is 0 Å². The Balaban J connectivity index is 1.76. The minimum atomic E-state index is -0.386. The number of aromatic nitrogens is 1. The molecule has 0 saturated heterocycles. The summed E-state index contributed by atoms with van der Waals surface area (Å²) in [6, 6.07) is 17.4. The zero-order valence-electron chi connectivity index (χ0n) is 17.1. The number of unbranched alkanes of at least 4 members (excludes halogenated alkanes) is 1. The first-order chi connectivity index (χ1) is 14.5. The highest BCUT2D eigenvalue weighted by Gasteiger charge is 2.12. The average molecular weight is 403 g/mol. The van der Waals surface area contributed by atoms with Gasteiger partial charge in [-0.3, -0.25) is 19.0 Å². The Labute approximate surface area is 175 Å². The Morgan fingerprint density at radius 2 is 1.73 bits per heavy atom. The molecule has 154 valence electrons. The molecule has 0 atom stereocenters. The third kappa shape index (κ3) is 5.03. The summed E-state index contributed by atoms with van der Waals surface area (Å²) in [5.74, 6) is -0.570. The second-order valence-corrected chi connectivity index (χ2v) is 7.08. The number of carbonyl (C=O) groups excluding carboxylic acids is 2. The average Bonchev–Trinajstić information content (AvgIpc) is 2.74. The van der Waals surface area contributed by atoms with Crippen LogP contribution in [-0.4, -0.2) is 22.9 Å². The van der Waals surface area contributed by atoms with E-state index in [1.807, 2.05) is 32.0 Å². The van der Waals surface area contributed by atoms with Crippen LogP contribution in [0.1, 0.15) is 46.0 Å². The van der Waals surface area contributed by atoms with E-state index >= 15 is 0 Å². The number of hydrogen-bond donors (Lipinski definition) is 2. The fourth-order valence-electron chi connectivity index (χ4n) is 3.04. The smallest absolute Gasteiger partial charge is 0.267 e. The number of carbonyl (C=O) groups is 2. The molecule has 30 heavy (non-hydrogen) atoms. The molecule has 0 aliphatic carbocycles. The maximum Gasteiger partial charge on any atom is 0.267 e. The van der Waals surface area contributed by atoms with Crippen molar-refractivity contribution in [3.05, 3.63) is 93.9 Å². The molecule has 0 saturated carbocycles. The van der Waals surface area contributed by atoms with Gasteiger partial charge in [-0.2, -0.15) is 0 Å². The largest absolute Gasteiger partial charge is 0.352 e. The normalized spacial score (nSPS) is 10.5. The Morgan fingerprint density at radius 3 is 2.43 bits per heavy atom. The fourth-order valence-corrected chi connectivity index (χ4v) is 3.04. The number of anilines is 1. The number of aryl methyl sites for hydroxylation is 1. The van der Waals surface area contributed by atoms with Crippen LogP contribution in [0.2, 0.25) is 0 Å². The summed E-state index contributed by atoms with van der Waals surface area (Å²) in [4.78, 5) is 37.4. The van der Waals surface area contributed by atoms with Crippen LogP contribution in [0.25, 0.3) is 5.69 Å². The molecule has 1 heterocycles. The zero-order chi connectivity index (χ0) is 21.5. The van der Waals surface area contributed by atoms with Gasteiger partial charge >= 0.3 is 0 Å². The number of hydrogen-bond acceptors (Lipinski definition) is 3. The molecule has 6 heteroatoms. The highest BCUT2D eigenvalue weighted by atomic mass is 16.2. The van der Waals surface area contributed by atoms with Crippen LogP contribution in [0.15, 0.2) is 71.7 Å². The van der Waals surface area contributed by atoms with Crippen molar-refractivity contribution >= 4 is 17.5 Å². The highest BCUT2D eigenvalue weighted by Crippen LogP contribution is 2.14. The molecule has 0 aliphatic rings. The van der Waals surface area contributed by atoms with Crippen molar-refractivity contribution in [2.75, 3.05) is 11.9 Å². The number of benzene rings is 2. The molecule has 0 spiro atoms. The van der Waals surface area contributed by atoms with Crippen molar-refractivity contribution in [3.63, 3.8) is 0 Å². The van der Waals surface area contributed by atoms with E-state index in [1.165, 1.54) is 10.6 Å². The van der Waals surface area contributed by atoms with E-state index in [9.17, 15) is 14.4 Å². The van der Waals surface area contributed by atoms with Crippen LogP contribution >= 0.6 is 0 Å². The van der Waals surface area contributed by atoms with Gasteiger partial charge in [-0.15, -0.1) is 0 Å². The van der Waals surface area contributed by atoms with E-state index in [4.69, 9.17) is 0 Å². The first kappa shape index (κ1) is 21.0. The van der Waals surface area contributed by atoms with Gasteiger partial charge in [0.15, 0.2) is 0 Å². The van der Waals surface area contributed by atoms with Gasteiger partial charge in [-0.1, -0.05) is 31.0 Å². The predicted octanol–water partition coefficient (Wildman–Crippen LogP) is 3.93. The maximum atomic E-state index is 12.8. The van der Waals surface area contributed by atoms with Crippen LogP contribution < -0.4 is 16.2 Å². The highest BCUT2D eigenvalue weighted by molar-refractivity contribution is 6.04. The summed E-state index contributed by atoms with van der Waals surface area (Å²) >= 11 is 0. The molecular weight excluding hydrogens is 378 g/mol. The van der Waals surface area contributed by atoms with E-state index in [2.05, 4.69) is 10.6 Å². The molecule has 0 radical (unpaired) electrons. The van der Waals surface area contributed by atoms with Crippen molar-refractivity contribution in [2.45, 2.75) is 26.7 Å². The summed E-state index contributed by atoms with van der Waals surface area (Å²) < 4.78 is 1.42. The van der Waals surface area contributed by atoms with E-state index in [-0.39, 0.29) is 22.9 Å². The summed E-state index contributed by atoms with van der Waals surface area (Å²) in [6.07, 6.45) is 3.44. The summed E-state index contributed by atoms with van der Waals surface area (Å²) in [5, 5.41) is 5.62. The molecule has 0 fully saturated rings. The number of amides is 2. The summed E-state index contributed by atoms with van der Waals surface area (Å²) in [5.41, 5.74) is 2.53.